The van der Waals surface area contributed by atoms with Crippen LogP contribution in [0.25, 0.3) is 0 Å². The van der Waals surface area contributed by atoms with Crippen LogP contribution in [0.1, 0.15) is 17.3 Å². The molecule has 0 unspecified atom stereocenters. The highest BCUT2D eigenvalue weighted by Gasteiger charge is 2.39. The zero-order valence-corrected chi connectivity index (χ0v) is 10.8. The number of likely N-dealkylation sites (tertiary alicyclic amines) is 1. The Labute approximate surface area is 105 Å². The maximum Gasteiger partial charge on any atom is 0.256 e. The highest BCUT2D eigenvalue weighted by atomic mass is 32.2. The first-order valence-electron chi connectivity index (χ1n) is 5.71. The molecule has 1 saturated heterocycles. The number of nitrogens with zero attached hydrogens (tertiary/aromatic N) is 1. The van der Waals surface area contributed by atoms with Crippen molar-refractivity contribution in [3.63, 3.8) is 0 Å². The van der Waals surface area contributed by atoms with Crippen LogP contribution in [0.5, 0.6) is 0 Å². The highest BCUT2D eigenvalue weighted by Crippen LogP contribution is 2.20. The normalized spacial score (nSPS) is 16.4. The predicted molar refractivity (Wildman–Crippen MR) is 65.6 cm³/mol. The highest BCUT2D eigenvalue weighted by molar-refractivity contribution is 7.92. The number of rotatable bonds is 3. The van der Waals surface area contributed by atoms with Crippen LogP contribution in [0.3, 0.4) is 0 Å². The van der Waals surface area contributed by atoms with Crippen molar-refractivity contribution in [2.45, 2.75) is 12.2 Å². The van der Waals surface area contributed by atoms with Crippen LogP contribution in [0.4, 0.5) is 4.39 Å². The van der Waals surface area contributed by atoms with Crippen molar-refractivity contribution in [1.29, 1.82) is 0 Å². The molecule has 0 N–H and O–H groups in total. The Morgan fingerprint density at radius 2 is 2.00 bits per heavy atom. The Bertz CT molecular complexity index is 564. The summed E-state index contributed by atoms with van der Waals surface area (Å²) in [6.07, 6.45) is 0. The Balaban J connectivity index is 2.06. The second-order valence-electron chi connectivity index (χ2n) is 4.26. The van der Waals surface area contributed by atoms with E-state index in [9.17, 15) is 17.6 Å². The van der Waals surface area contributed by atoms with E-state index in [4.69, 9.17) is 0 Å². The summed E-state index contributed by atoms with van der Waals surface area (Å²) in [4.78, 5) is 13.3. The predicted octanol–water partition coefficient (Wildman–Crippen LogP) is 1.08. The van der Waals surface area contributed by atoms with Crippen molar-refractivity contribution in [1.82, 2.24) is 4.90 Å². The molecule has 0 aromatic heterocycles. The van der Waals surface area contributed by atoms with E-state index in [1.54, 1.807) is 13.0 Å². The molecule has 0 saturated carbocycles. The van der Waals surface area contributed by atoms with Gasteiger partial charge in [0, 0.05) is 18.8 Å². The van der Waals surface area contributed by atoms with Gasteiger partial charge in [-0.3, -0.25) is 4.79 Å². The summed E-state index contributed by atoms with van der Waals surface area (Å²) in [5.74, 6) is -0.959. The third-order valence-electron chi connectivity index (χ3n) is 3.15. The van der Waals surface area contributed by atoms with Gasteiger partial charge in [0.25, 0.3) is 5.91 Å². The van der Waals surface area contributed by atoms with Gasteiger partial charge < -0.3 is 4.90 Å². The molecular formula is C12H14FNO3S. The minimum absolute atomic E-state index is 0.00940. The van der Waals surface area contributed by atoms with Crippen LogP contribution in [-0.4, -0.2) is 43.3 Å². The molecule has 6 heteroatoms. The number of hydrogen-bond donors (Lipinski definition) is 0. The van der Waals surface area contributed by atoms with E-state index in [1.807, 2.05) is 0 Å². The number of carbonyl (C=O) groups excluding carboxylic acids is 1. The van der Waals surface area contributed by atoms with Crippen LogP contribution in [-0.2, 0) is 9.84 Å². The van der Waals surface area contributed by atoms with Gasteiger partial charge in [0.1, 0.15) is 5.82 Å². The molecule has 0 spiro atoms. The summed E-state index contributed by atoms with van der Waals surface area (Å²) in [7, 11) is -3.11. The summed E-state index contributed by atoms with van der Waals surface area (Å²) >= 11 is 0. The van der Waals surface area contributed by atoms with Crippen LogP contribution in [0.2, 0.25) is 0 Å². The van der Waals surface area contributed by atoms with Crippen molar-refractivity contribution in [3.8, 4) is 0 Å². The van der Waals surface area contributed by atoms with Crippen molar-refractivity contribution >= 4 is 15.7 Å². The minimum atomic E-state index is -3.11. The number of sulfone groups is 1. The lowest BCUT2D eigenvalue weighted by molar-refractivity contribution is 0.0654. The molecule has 1 amide bonds. The van der Waals surface area contributed by atoms with E-state index >= 15 is 0 Å². The van der Waals surface area contributed by atoms with Crippen LogP contribution in [0, 0.1) is 5.82 Å². The molecule has 0 bridgehead atoms. The monoisotopic (exact) mass is 271 g/mol. The molecule has 1 aromatic carbocycles. The molecule has 0 radical (unpaired) electrons. The van der Waals surface area contributed by atoms with E-state index < -0.39 is 26.8 Å². The van der Waals surface area contributed by atoms with Crippen LogP contribution < -0.4 is 0 Å². The lowest BCUT2D eigenvalue weighted by atomic mass is 10.1. The number of carbonyl (C=O) groups is 1. The Kier molecular flexibility index (Phi) is 3.38. The smallest absolute Gasteiger partial charge is 0.256 e. The van der Waals surface area contributed by atoms with Gasteiger partial charge in [-0.1, -0.05) is 19.1 Å². The molecule has 18 heavy (non-hydrogen) atoms. The molecule has 4 nitrogen and oxygen atoms in total. The zero-order chi connectivity index (χ0) is 13.3. The minimum Gasteiger partial charge on any atom is -0.336 e. The summed E-state index contributed by atoms with van der Waals surface area (Å²) in [6, 6.07) is 5.70. The lowest BCUT2D eigenvalue weighted by Gasteiger charge is -2.38. The summed E-state index contributed by atoms with van der Waals surface area (Å²) in [5.41, 5.74) is -0.00940. The van der Waals surface area contributed by atoms with Gasteiger partial charge in [-0.25, -0.2) is 12.8 Å². The largest absolute Gasteiger partial charge is 0.336 e. The molecule has 98 valence electrons. The molecule has 2 rings (SSSR count). The van der Waals surface area contributed by atoms with Gasteiger partial charge in [0.2, 0.25) is 0 Å². The Morgan fingerprint density at radius 1 is 1.39 bits per heavy atom. The van der Waals surface area contributed by atoms with Crippen LogP contribution >= 0.6 is 0 Å². The first-order valence-corrected chi connectivity index (χ1v) is 7.42. The molecule has 1 aromatic rings. The first kappa shape index (κ1) is 13.0. The van der Waals surface area contributed by atoms with E-state index in [0.717, 1.165) is 0 Å². The maximum atomic E-state index is 13.4. The van der Waals surface area contributed by atoms with Gasteiger partial charge in [-0.15, -0.1) is 0 Å². The Hall–Kier alpha value is -1.43. The number of benzene rings is 1. The quantitative estimate of drug-likeness (QED) is 0.826. The van der Waals surface area contributed by atoms with Gasteiger partial charge in [-0.2, -0.15) is 0 Å². The van der Waals surface area contributed by atoms with Crippen molar-refractivity contribution in [2.75, 3.05) is 18.8 Å². The van der Waals surface area contributed by atoms with Gasteiger partial charge in [0.15, 0.2) is 9.84 Å². The number of halogens is 1. The second-order valence-corrected chi connectivity index (χ2v) is 6.83. The molecule has 1 heterocycles. The summed E-state index contributed by atoms with van der Waals surface area (Å²) in [6.45, 7) is 1.89. The van der Waals surface area contributed by atoms with Gasteiger partial charge in [0.05, 0.1) is 10.8 Å². The lowest BCUT2D eigenvalue weighted by Crippen LogP contribution is -2.57. The van der Waals surface area contributed by atoms with Crippen molar-refractivity contribution in [2.24, 2.45) is 0 Å². The SMILES string of the molecule is CCS(=O)(=O)C1CN(C(=O)c2ccccc2F)C1. The standard InChI is InChI=1S/C12H14FNO3S/c1-2-18(16,17)9-7-14(8-9)12(15)10-5-3-4-6-11(10)13/h3-6,9H,2,7-8H2,1H3. The summed E-state index contributed by atoms with van der Waals surface area (Å²) in [5, 5.41) is -0.502. The molecular weight excluding hydrogens is 257 g/mol. The fourth-order valence-electron chi connectivity index (χ4n) is 1.87. The third kappa shape index (κ3) is 2.25. The second kappa shape index (κ2) is 4.68. The fraction of sp³-hybridized carbons (Fsp3) is 0.417. The van der Waals surface area contributed by atoms with E-state index in [2.05, 4.69) is 0 Å². The maximum absolute atomic E-state index is 13.4. The Morgan fingerprint density at radius 3 is 2.56 bits per heavy atom. The van der Waals surface area contributed by atoms with Crippen LogP contribution in [0.15, 0.2) is 24.3 Å². The van der Waals surface area contributed by atoms with Crippen molar-refractivity contribution < 1.29 is 17.6 Å². The van der Waals surface area contributed by atoms with Gasteiger partial charge >= 0.3 is 0 Å². The number of amides is 1. The van der Waals surface area contributed by atoms with E-state index in [0.29, 0.717) is 0 Å². The first-order chi connectivity index (χ1) is 8.45. The van der Waals surface area contributed by atoms with E-state index in [1.165, 1.54) is 23.1 Å². The third-order valence-corrected chi connectivity index (χ3v) is 5.27. The average Bonchev–Trinajstić information content (AvgIpc) is 2.27. The fourth-order valence-corrected chi connectivity index (χ4v) is 3.16. The molecule has 1 fully saturated rings. The number of hydrogen-bond acceptors (Lipinski definition) is 3. The van der Waals surface area contributed by atoms with E-state index in [-0.39, 0.29) is 24.4 Å². The van der Waals surface area contributed by atoms with Gasteiger partial charge in [-0.05, 0) is 12.1 Å². The molecule has 1 aliphatic heterocycles. The zero-order valence-electron chi connectivity index (χ0n) is 9.97. The average molecular weight is 271 g/mol. The molecule has 1 aliphatic rings. The molecule has 0 aliphatic carbocycles. The van der Waals surface area contributed by atoms with Crippen molar-refractivity contribution in [3.05, 3.63) is 35.6 Å². The summed E-state index contributed by atoms with van der Waals surface area (Å²) < 4.78 is 36.5. The topological polar surface area (TPSA) is 54.5 Å². The molecule has 0 atom stereocenters.